The molecule has 1 aromatic carbocycles. The van der Waals surface area contributed by atoms with Gasteiger partial charge in [0.05, 0.1) is 4.92 Å². The second-order valence-electron chi connectivity index (χ2n) is 4.83. The minimum Gasteiger partial charge on any atom is -0.338 e. The maximum Gasteiger partial charge on any atom is 0.283 e. The SMILES string of the molecule is O=C(c1ccc(Cl)cc1[N+](=O)[O-])N1CCCC(CBr)C1. The molecule has 1 aliphatic heterocycles. The molecule has 2 rings (SSSR count). The molecule has 5 nitrogen and oxygen atoms in total. The van der Waals surface area contributed by atoms with Crippen molar-refractivity contribution in [1.82, 2.24) is 4.90 Å². The number of piperidine rings is 1. The molecule has 1 fully saturated rings. The zero-order valence-electron chi connectivity index (χ0n) is 10.7. The second-order valence-corrected chi connectivity index (χ2v) is 5.92. The summed E-state index contributed by atoms with van der Waals surface area (Å²) in [6.45, 7) is 1.27. The van der Waals surface area contributed by atoms with Crippen LogP contribution in [-0.4, -0.2) is 34.2 Å². The van der Waals surface area contributed by atoms with Gasteiger partial charge in [0.1, 0.15) is 5.56 Å². The number of hydrogen-bond donors (Lipinski definition) is 0. The van der Waals surface area contributed by atoms with E-state index < -0.39 is 4.92 Å². The Balaban J connectivity index is 2.27. The van der Waals surface area contributed by atoms with Gasteiger partial charge in [0.2, 0.25) is 0 Å². The molecule has 0 aliphatic carbocycles. The summed E-state index contributed by atoms with van der Waals surface area (Å²) in [4.78, 5) is 24.6. The molecule has 0 saturated carbocycles. The van der Waals surface area contributed by atoms with Crippen molar-refractivity contribution in [1.29, 1.82) is 0 Å². The minimum atomic E-state index is -0.564. The first-order chi connectivity index (χ1) is 9.52. The highest BCUT2D eigenvalue weighted by atomic mass is 79.9. The smallest absolute Gasteiger partial charge is 0.283 e. The Labute approximate surface area is 130 Å². The van der Waals surface area contributed by atoms with Gasteiger partial charge >= 0.3 is 0 Å². The Bertz CT molecular complexity index is 538. The first kappa shape index (κ1) is 15.3. The predicted octanol–water partition coefficient (Wildman–Crippen LogP) is 3.50. The van der Waals surface area contributed by atoms with E-state index in [1.807, 2.05) is 0 Å². The van der Waals surface area contributed by atoms with Crippen molar-refractivity contribution in [3.63, 3.8) is 0 Å². The van der Waals surface area contributed by atoms with Crippen LogP contribution >= 0.6 is 27.5 Å². The van der Waals surface area contributed by atoms with E-state index in [0.717, 1.165) is 18.2 Å². The highest BCUT2D eigenvalue weighted by molar-refractivity contribution is 9.09. The molecule has 7 heteroatoms. The fraction of sp³-hybridized carbons (Fsp3) is 0.462. The van der Waals surface area contributed by atoms with Crippen LogP contribution in [0.4, 0.5) is 5.69 Å². The van der Waals surface area contributed by atoms with Gasteiger partial charge in [0.25, 0.3) is 11.6 Å². The van der Waals surface area contributed by atoms with Crippen LogP contribution in [0.2, 0.25) is 5.02 Å². The van der Waals surface area contributed by atoms with E-state index in [-0.39, 0.29) is 22.2 Å². The van der Waals surface area contributed by atoms with E-state index in [4.69, 9.17) is 11.6 Å². The first-order valence-electron chi connectivity index (χ1n) is 6.32. The summed E-state index contributed by atoms with van der Waals surface area (Å²) in [5, 5.41) is 12.1. The van der Waals surface area contributed by atoms with Crippen LogP contribution in [0.15, 0.2) is 18.2 Å². The van der Waals surface area contributed by atoms with Gasteiger partial charge in [0, 0.05) is 29.5 Å². The van der Waals surface area contributed by atoms with Crippen LogP contribution in [0.25, 0.3) is 0 Å². The van der Waals surface area contributed by atoms with Crippen molar-refractivity contribution in [2.45, 2.75) is 12.8 Å². The van der Waals surface area contributed by atoms with Crippen LogP contribution < -0.4 is 0 Å². The fourth-order valence-electron chi connectivity index (χ4n) is 2.38. The number of nitro groups is 1. The Morgan fingerprint density at radius 2 is 2.30 bits per heavy atom. The van der Waals surface area contributed by atoms with Gasteiger partial charge in [0.15, 0.2) is 0 Å². The Kier molecular flexibility index (Phi) is 4.99. The van der Waals surface area contributed by atoms with Gasteiger partial charge in [-0.2, -0.15) is 0 Å². The maximum atomic E-state index is 12.5. The van der Waals surface area contributed by atoms with E-state index in [1.54, 1.807) is 4.90 Å². The molecule has 0 spiro atoms. The van der Waals surface area contributed by atoms with Crippen LogP contribution in [-0.2, 0) is 0 Å². The molecular formula is C13H14BrClN2O3. The van der Waals surface area contributed by atoms with Crippen LogP contribution in [0.3, 0.4) is 0 Å². The number of alkyl halides is 1. The normalized spacial score (nSPS) is 18.9. The quantitative estimate of drug-likeness (QED) is 0.470. The van der Waals surface area contributed by atoms with Gasteiger partial charge in [-0.25, -0.2) is 0 Å². The lowest BCUT2D eigenvalue weighted by Crippen LogP contribution is -2.40. The van der Waals surface area contributed by atoms with E-state index in [9.17, 15) is 14.9 Å². The topological polar surface area (TPSA) is 63.4 Å². The lowest BCUT2D eigenvalue weighted by Gasteiger charge is -2.31. The number of halogens is 2. The average Bonchev–Trinajstić information content (AvgIpc) is 2.46. The molecule has 1 atom stereocenters. The Hall–Kier alpha value is -1.14. The molecule has 1 unspecified atom stereocenters. The number of amides is 1. The Morgan fingerprint density at radius 3 is 2.95 bits per heavy atom. The van der Waals surface area contributed by atoms with Crippen LogP contribution in [0.1, 0.15) is 23.2 Å². The molecule has 1 saturated heterocycles. The Morgan fingerprint density at radius 1 is 1.55 bits per heavy atom. The lowest BCUT2D eigenvalue weighted by molar-refractivity contribution is -0.385. The number of carbonyl (C=O) groups excluding carboxylic acids is 1. The number of carbonyl (C=O) groups is 1. The van der Waals surface area contributed by atoms with Crippen molar-refractivity contribution < 1.29 is 9.72 Å². The summed E-state index contributed by atoms with van der Waals surface area (Å²) >= 11 is 9.19. The monoisotopic (exact) mass is 360 g/mol. The molecular weight excluding hydrogens is 348 g/mol. The highest BCUT2D eigenvalue weighted by Crippen LogP contribution is 2.26. The van der Waals surface area contributed by atoms with E-state index in [2.05, 4.69) is 15.9 Å². The van der Waals surface area contributed by atoms with Gasteiger partial charge in [-0.1, -0.05) is 27.5 Å². The largest absolute Gasteiger partial charge is 0.338 e. The molecule has 1 aliphatic rings. The molecule has 1 amide bonds. The number of likely N-dealkylation sites (tertiary alicyclic amines) is 1. The number of hydrogen-bond acceptors (Lipinski definition) is 3. The van der Waals surface area contributed by atoms with Crippen molar-refractivity contribution in [3.8, 4) is 0 Å². The minimum absolute atomic E-state index is 0.106. The zero-order chi connectivity index (χ0) is 14.7. The first-order valence-corrected chi connectivity index (χ1v) is 7.82. The second kappa shape index (κ2) is 6.54. The van der Waals surface area contributed by atoms with Crippen molar-refractivity contribution >= 4 is 39.1 Å². The van der Waals surface area contributed by atoms with Gasteiger partial charge in [-0.3, -0.25) is 14.9 Å². The van der Waals surface area contributed by atoms with Crippen molar-refractivity contribution in [2.75, 3.05) is 18.4 Å². The van der Waals surface area contributed by atoms with Gasteiger partial charge in [-0.05, 0) is 30.9 Å². The fourth-order valence-corrected chi connectivity index (χ4v) is 3.08. The highest BCUT2D eigenvalue weighted by Gasteiger charge is 2.28. The lowest BCUT2D eigenvalue weighted by atomic mass is 9.99. The number of nitro benzene ring substituents is 1. The van der Waals surface area contributed by atoms with Crippen LogP contribution in [0.5, 0.6) is 0 Å². The standard InChI is InChI=1S/C13H14BrClN2O3/c14-7-9-2-1-5-16(8-9)13(18)11-4-3-10(15)6-12(11)17(19)20/h3-4,6,9H,1-2,5,7-8H2. The molecule has 0 bridgehead atoms. The summed E-state index contributed by atoms with van der Waals surface area (Å²) < 4.78 is 0. The number of nitrogens with zero attached hydrogens (tertiary/aromatic N) is 2. The summed E-state index contributed by atoms with van der Waals surface area (Å²) in [5.41, 5.74) is -0.127. The summed E-state index contributed by atoms with van der Waals surface area (Å²) in [6.07, 6.45) is 1.99. The third-order valence-electron chi connectivity index (χ3n) is 3.41. The third-order valence-corrected chi connectivity index (χ3v) is 4.56. The van der Waals surface area contributed by atoms with Gasteiger partial charge < -0.3 is 4.90 Å². The summed E-state index contributed by atoms with van der Waals surface area (Å²) in [6, 6.07) is 4.16. The molecule has 1 aromatic rings. The zero-order valence-corrected chi connectivity index (χ0v) is 13.1. The van der Waals surface area contributed by atoms with Crippen molar-refractivity contribution in [3.05, 3.63) is 38.9 Å². The molecule has 0 radical (unpaired) electrons. The average molecular weight is 362 g/mol. The number of benzene rings is 1. The third kappa shape index (κ3) is 3.30. The van der Waals surface area contributed by atoms with Gasteiger partial charge in [-0.15, -0.1) is 0 Å². The maximum absolute atomic E-state index is 12.5. The van der Waals surface area contributed by atoms with E-state index in [1.165, 1.54) is 18.2 Å². The number of rotatable bonds is 3. The molecule has 0 N–H and O–H groups in total. The molecule has 108 valence electrons. The van der Waals surface area contributed by atoms with E-state index in [0.29, 0.717) is 19.0 Å². The van der Waals surface area contributed by atoms with E-state index >= 15 is 0 Å². The predicted molar refractivity (Wildman–Crippen MR) is 80.5 cm³/mol. The molecule has 1 heterocycles. The summed E-state index contributed by atoms with van der Waals surface area (Å²) in [7, 11) is 0. The molecule has 20 heavy (non-hydrogen) atoms. The molecule has 0 aromatic heterocycles. The van der Waals surface area contributed by atoms with Crippen molar-refractivity contribution in [2.24, 2.45) is 5.92 Å². The summed E-state index contributed by atoms with van der Waals surface area (Å²) in [5.74, 6) is 0.109. The van der Waals surface area contributed by atoms with Crippen LogP contribution in [0, 0.1) is 16.0 Å².